The van der Waals surface area contributed by atoms with Gasteiger partial charge in [-0.15, -0.1) is 24.0 Å². The predicted octanol–water partition coefficient (Wildman–Crippen LogP) is 2.88. The van der Waals surface area contributed by atoms with Gasteiger partial charge in [0.1, 0.15) is 5.82 Å². The van der Waals surface area contributed by atoms with E-state index < -0.39 is 0 Å². The molecule has 1 aliphatic rings. The number of benzene rings is 1. The molecule has 1 fully saturated rings. The Morgan fingerprint density at radius 3 is 2.92 bits per heavy atom. The average Bonchev–Trinajstić information content (AvgIpc) is 2.99. The summed E-state index contributed by atoms with van der Waals surface area (Å²) in [6, 6.07) is 6.75. The number of likely N-dealkylation sites (tertiary alicyclic amines) is 1. The fourth-order valence-electron chi connectivity index (χ4n) is 3.08. The van der Waals surface area contributed by atoms with Gasteiger partial charge in [0.15, 0.2) is 5.96 Å². The SMILES string of the molecule is CCCN1CCC(CNC(=NC)NCCc2cccc(F)c2)C1.I. The largest absolute Gasteiger partial charge is 0.356 e. The maximum atomic E-state index is 13.1. The summed E-state index contributed by atoms with van der Waals surface area (Å²) in [5, 5.41) is 6.71. The van der Waals surface area contributed by atoms with Crippen molar-refractivity contribution in [3.63, 3.8) is 0 Å². The van der Waals surface area contributed by atoms with Crippen molar-refractivity contribution in [2.75, 3.05) is 39.8 Å². The minimum atomic E-state index is -0.178. The van der Waals surface area contributed by atoms with E-state index in [9.17, 15) is 4.39 Å². The molecule has 1 heterocycles. The number of nitrogens with one attached hydrogen (secondary N) is 2. The Labute approximate surface area is 162 Å². The molecule has 0 aliphatic carbocycles. The molecule has 1 aromatic carbocycles. The molecule has 0 bridgehead atoms. The van der Waals surface area contributed by atoms with Gasteiger partial charge >= 0.3 is 0 Å². The van der Waals surface area contributed by atoms with E-state index in [2.05, 4.69) is 27.4 Å². The van der Waals surface area contributed by atoms with Crippen molar-refractivity contribution in [1.82, 2.24) is 15.5 Å². The molecule has 2 rings (SSSR count). The summed E-state index contributed by atoms with van der Waals surface area (Å²) >= 11 is 0. The molecule has 1 aliphatic heterocycles. The number of guanidine groups is 1. The van der Waals surface area contributed by atoms with E-state index in [-0.39, 0.29) is 29.8 Å². The maximum absolute atomic E-state index is 13.1. The quantitative estimate of drug-likeness (QED) is 0.383. The summed E-state index contributed by atoms with van der Waals surface area (Å²) in [5.74, 6) is 1.35. The summed E-state index contributed by atoms with van der Waals surface area (Å²) in [6.45, 7) is 7.54. The summed E-state index contributed by atoms with van der Waals surface area (Å²) < 4.78 is 13.1. The first-order valence-electron chi connectivity index (χ1n) is 8.62. The van der Waals surface area contributed by atoms with Crippen molar-refractivity contribution in [2.45, 2.75) is 26.2 Å². The molecule has 1 saturated heterocycles. The molecule has 0 saturated carbocycles. The molecule has 0 aromatic heterocycles. The minimum absolute atomic E-state index is 0. The summed E-state index contributed by atoms with van der Waals surface area (Å²) in [4.78, 5) is 6.79. The first kappa shape index (κ1) is 21.2. The molecule has 24 heavy (non-hydrogen) atoms. The zero-order valence-electron chi connectivity index (χ0n) is 14.7. The normalized spacial score (nSPS) is 18.3. The standard InChI is InChI=1S/C18H29FN4.HI/c1-3-10-23-11-8-16(14-23)13-22-18(20-2)21-9-7-15-5-4-6-17(19)12-15;/h4-6,12,16H,3,7-11,13-14H2,1-2H3,(H2,20,21,22);1H. The number of aliphatic imine (C=N–C) groups is 1. The summed E-state index contributed by atoms with van der Waals surface area (Å²) in [7, 11) is 1.79. The predicted molar refractivity (Wildman–Crippen MR) is 110 cm³/mol. The first-order chi connectivity index (χ1) is 11.2. The van der Waals surface area contributed by atoms with Crippen LogP contribution in [-0.4, -0.2) is 50.6 Å². The zero-order chi connectivity index (χ0) is 16.5. The molecule has 0 radical (unpaired) electrons. The van der Waals surface area contributed by atoms with Crippen LogP contribution in [0.2, 0.25) is 0 Å². The van der Waals surface area contributed by atoms with Crippen molar-refractivity contribution in [2.24, 2.45) is 10.9 Å². The van der Waals surface area contributed by atoms with Crippen molar-refractivity contribution in [3.05, 3.63) is 35.6 Å². The third kappa shape index (κ3) is 7.34. The zero-order valence-corrected chi connectivity index (χ0v) is 17.1. The molecule has 2 N–H and O–H groups in total. The topological polar surface area (TPSA) is 39.7 Å². The van der Waals surface area contributed by atoms with Crippen LogP contribution in [0.25, 0.3) is 0 Å². The van der Waals surface area contributed by atoms with Crippen LogP contribution >= 0.6 is 24.0 Å². The first-order valence-corrected chi connectivity index (χ1v) is 8.62. The molecule has 1 aromatic rings. The average molecular weight is 448 g/mol. The van der Waals surface area contributed by atoms with Gasteiger partial charge in [-0.1, -0.05) is 19.1 Å². The maximum Gasteiger partial charge on any atom is 0.190 e. The van der Waals surface area contributed by atoms with Gasteiger partial charge < -0.3 is 15.5 Å². The molecular formula is C18H30FIN4. The van der Waals surface area contributed by atoms with Gasteiger partial charge in [0, 0.05) is 26.7 Å². The number of halogens is 2. The lowest BCUT2D eigenvalue weighted by atomic mass is 10.1. The van der Waals surface area contributed by atoms with E-state index in [0.29, 0.717) is 5.92 Å². The van der Waals surface area contributed by atoms with Crippen LogP contribution in [-0.2, 0) is 6.42 Å². The molecule has 0 amide bonds. The highest BCUT2D eigenvalue weighted by Crippen LogP contribution is 2.15. The van der Waals surface area contributed by atoms with Crippen LogP contribution < -0.4 is 10.6 Å². The highest BCUT2D eigenvalue weighted by molar-refractivity contribution is 14.0. The van der Waals surface area contributed by atoms with Crippen molar-refractivity contribution in [3.8, 4) is 0 Å². The fraction of sp³-hybridized carbons (Fsp3) is 0.611. The number of nitrogens with zero attached hydrogens (tertiary/aromatic N) is 2. The highest BCUT2D eigenvalue weighted by atomic mass is 127. The Balaban J connectivity index is 0.00000288. The van der Waals surface area contributed by atoms with Crippen LogP contribution in [0.15, 0.2) is 29.3 Å². The molecule has 1 unspecified atom stereocenters. The highest BCUT2D eigenvalue weighted by Gasteiger charge is 2.21. The third-order valence-electron chi connectivity index (χ3n) is 4.29. The Morgan fingerprint density at radius 2 is 2.21 bits per heavy atom. The van der Waals surface area contributed by atoms with Gasteiger partial charge in [-0.05, 0) is 56.0 Å². The molecule has 1 atom stereocenters. The molecule has 4 nitrogen and oxygen atoms in total. The molecule has 6 heteroatoms. The van der Waals surface area contributed by atoms with Gasteiger partial charge in [-0.25, -0.2) is 4.39 Å². The lowest BCUT2D eigenvalue weighted by Crippen LogP contribution is -2.41. The molecule has 136 valence electrons. The van der Waals surface area contributed by atoms with E-state index in [4.69, 9.17) is 0 Å². The summed E-state index contributed by atoms with van der Waals surface area (Å²) in [5.41, 5.74) is 0.999. The van der Waals surface area contributed by atoms with Crippen LogP contribution in [0.5, 0.6) is 0 Å². The van der Waals surface area contributed by atoms with E-state index in [1.165, 1.54) is 38.5 Å². The lowest BCUT2D eigenvalue weighted by Gasteiger charge is -2.17. The Morgan fingerprint density at radius 1 is 1.38 bits per heavy atom. The summed E-state index contributed by atoms with van der Waals surface area (Å²) in [6.07, 6.45) is 3.27. The van der Waals surface area contributed by atoms with E-state index in [0.717, 1.165) is 31.0 Å². The number of rotatable bonds is 7. The van der Waals surface area contributed by atoms with E-state index in [1.54, 1.807) is 19.2 Å². The van der Waals surface area contributed by atoms with Crippen molar-refractivity contribution >= 4 is 29.9 Å². The second-order valence-corrected chi connectivity index (χ2v) is 6.22. The fourth-order valence-corrected chi connectivity index (χ4v) is 3.08. The van der Waals surface area contributed by atoms with Gasteiger partial charge in [-0.2, -0.15) is 0 Å². The van der Waals surface area contributed by atoms with Gasteiger partial charge in [0.05, 0.1) is 0 Å². The number of hydrogen-bond acceptors (Lipinski definition) is 2. The van der Waals surface area contributed by atoms with Gasteiger partial charge in [0.2, 0.25) is 0 Å². The van der Waals surface area contributed by atoms with E-state index >= 15 is 0 Å². The molecular weight excluding hydrogens is 418 g/mol. The number of hydrogen-bond donors (Lipinski definition) is 2. The third-order valence-corrected chi connectivity index (χ3v) is 4.29. The van der Waals surface area contributed by atoms with E-state index in [1.807, 2.05) is 6.07 Å². The van der Waals surface area contributed by atoms with Crippen LogP contribution in [0.4, 0.5) is 4.39 Å². The Hall–Kier alpha value is -0.890. The van der Waals surface area contributed by atoms with Gasteiger partial charge in [0.25, 0.3) is 0 Å². The monoisotopic (exact) mass is 448 g/mol. The van der Waals surface area contributed by atoms with Gasteiger partial charge in [-0.3, -0.25) is 4.99 Å². The van der Waals surface area contributed by atoms with Crippen molar-refractivity contribution < 1.29 is 4.39 Å². The molecule has 0 spiro atoms. The van der Waals surface area contributed by atoms with Crippen LogP contribution in [0, 0.1) is 11.7 Å². The lowest BCUT2D eigenvalue weighted by molar-refractivity contribution is 0.324. The Bertz CT molecular complexity index is 510. The van der Waals surface area contributed by atoms with Crippen molar-refractivity contribution in [1.29, 1.82) is 0 Å². The minimum Gasteiger partial charge on any atom is -0.356 e. The Kier molecular flexibility index (Phi) is 10.2. The smallest absolute Gasteiger partial charge is 0.190 e. The second-order valence-electron chi connectivity index (χ2n) is 6.22. The van der Waals surface area contributed by atoms with Crippen LogP contribution in [0.3, 0.4) is 0 Å². The van der Waals surface area contributed by atoms with Crippen LogP contribution in [0.1, 0.15) is 25.3 Å². The second kappa shape index (κ2) is 11.6.